The number of esters is 1. The molecule has 0 aliphatic rings. The van der Waals surface area contributed by atoms with E-state index in [4.69, 9.17) is 10.5 Å². The lowest BCUT2D eigenvalue weighted by Crippen LogP contribution is -2.31. The molecule has 4 rings (SSSR count). The Labute approximate surface area is 156 Å². The number of nitrogens with two attached hydrogens (primary N) is 1. The largest absolute Gasteiger partial charge is 0.464 e. The Bertz CT molecular complexity index is 1070. The first-order valence-corrected chi connectivity index (χ1v) is 8.34. The molecule has 4 aromatic rings. The van der Waals surface area contributed by atoms with E-state index in [1.807, 2.05) is 24.3 Å². The van der Waals surface area contributed by atoms with Crippen LogP contribution in [0, 0.1) is 0 Å². The second-order valence-electron chi connectivity index (χ2n) is 6.19. The number of benzene rings is 4. The quantitative estimate of drug-likeness (QED) is 0.409. The Morgan fingerprint density at radius 3 is 2.23 bits per heavy atom. The van der Waals surface area contributed by atoms with Crippen LogP contribution in [0.2, 0.25) is 0 Å². The van der Waals surface area contributed by atoms with Gasteiger partial charge in [0.25, 0.3) is 0 Å². The normalized spacial score (nSPS) is 13.7. The monoisotopic (exact) mass is 371 g/mol. The van der Waals surface area contributed by atoms with Crippen molar-refractivity contribution < 1.29 is 13.9 Å². The summed E-state index contributed by atoms with van der Waals surface area (Å²) in [7, 11) is 0. The van der Waals surface area contributed by atoms with E-state index in [2.05, 4.69) is 24.3 Å². The topological polar surface area (TPSA) is 52.3 Å². The van der Waals surface area contributed by atoms with Crippen molar-refractivity contribution in [1.29, 1.82) is 0 Å². The molecule has 0 spiro atoms. The molecule has 1 unspecified atom stereocenters. The maximum Gasteiger partial charge on any atom is 0.342 e. The van der Waals surface area contributed by atoms with Crippen molar-refractivity contribution in [2.24, 2.45) is 5.73 Å². The average Bonchev–Trinajstić information content (AvgIpc) is 2.65. The molecular weight excluding hydrogens is 353 g/mol. The van der Waals surface area contributed by atoms with E-state index in [1.165, 1.54) is 0 Å². The summed E-state index contributed by atoms with van der Waals surface area (Å²) < 4.78 is 19.3. The highest BCUT2D eigenvalue weighted by Crippen LogP contribution is 2.37. The maximum absolute atomic E-state index is 14.5. The summed E-state index contributed by atoms with van der Waals surface area (Å²) in [5.41, 5.74) is 6.71. The van der Waals surface area contributed by atoms with Gasteiger partial charge in [-0.25, -0.2) is 9.18 Å². The summed E-state index contributed by atoms with van der Waals surface area (Å²) in [6, 6.07) is 16.9. The molecule has 0 fully saturated rings. The Morgan fingerprint density at radius 1 is 1.00 bits per heavy atom. The van der Waals surface area contributed by atoms with Crippen molar-refractivity contribution >= 4 is 50.7 Å². The molecule has 2 N–H and O–H groups in total. The van der Waals surface area contributed by atoms with Gasteiger partial charge in [-0.15, -0.1) is 12.4 Å². The molecule has 0 heterocycles. The molecule has 134 valence electrons. The first-order chi connectivity index (χ1) is 12.1. The van der Waals surface area contributed by atoms with Crippen molar-refractivity contribution in [3.63, 3.8) is 0 Å². The predicted molar refractivity (Wildman–Crippen MR) is 106 cm³/mol. The molecule has 0 aliphatic heterocycles. The van der Waals surface area contributed by atoms with E-state index in [1.54, 1.807) is 13.0 Å². The van der Waals surface area contributed by atoms with Crippen LogP contribution in [0.3, 0.4) is 0 Å². The molecule has 0 saturated carbocycles. The Hall–Kier alpha value is -2.43. The molecule has 26 heavy (non-hydrogen) atoms. The van der Waals surface area contributed by atoms with Crippen molar-refractivity contribution in [3.05, 3.63) is 60.2 Å². The number of carbonyl (C=O) groups is 1. The van der Waals surface area contributed by atoms with Crippen molar-refractivity contribution in [2.45, 2.75) is 19.1 Å². The third-order valence-corrected chi connectivity index (χ3v) is 4.75. The van der Waals surface area contributed by atoms with Crippen LogP contribution in [0.15, 0.2) is 54.6 Å². The van der Waals surface area contributed by atoms with Gasteiger partial charge in [-0.05, 0) is 44.8 Å². The minimum absolute atomic E-state index is 0. The van der Waals surface area contributed by atoms with Crippen LogP contribution in [0.4, 0.5) is 4.39 Å². The van der Waals surface area contributed by atoms with Gasteiger partial charge in [-0.3, -0.25) is 0 Å². The SMILES string of the molecule is CCOC(=O)C(F)[C@@H](N)c1ccc2ccc3cccc4ccc1c2c34.Cl. The van der Waals surface area contributed by atoms with Crippen LogP contribution in [0.1, 0.15) is 18.5 Å². The lowest BCUT2D eigenvalue weighted by Gasteiger charge is -2.20. The van der Waals surface area contributed by atoms with Crippen LogP contribution >= 0.6 is 12.4 Å². The zero-order chi connectivity index (χ0) is 17.6. The van der Waals surface area contributed by atoms with E-state index in [9.17, 15) is 9.18 Å². The molecule has 3 nitrogen and oxygen atoms in total. The number of rotatable bonds is 4. The van der Waals surface area contributed by atoms with Crippen molar-refractivity contribution in [3.8, 4) is 0 Å². The van der Waals surface area contributed by atoms with Gasteiger partial charge in [0.1, 0.15) is 0 Å². The number of halogens is 2. The van der Waals surface area contributed by atoms with Gasteiger partial charge in [0.2, 0.25) is 6.17 Å². The fourth-order valence-corrected chi connectivity index (χ4v) is 3.57. The molecule has 0 saturated heterocycles. The highest BCUT2D eigenvalue weighted by molar-refractivity contribution is 6.23. The van der Waals surface area contributed by atoms with Gasteiger partial charge >= 0.3 is 5.97 Å². The van der Waals surface area contributed by atoms with Crippen LogP contribution in [-0.2, 0) is 9.53 Å². The Kier molecular flexibility index (Phi) is 4.99. The molecule has 0 amide bonds. The number of carbonyl (C=O) groups excluding carboxylic acids is 1. The molecule has 0 radical (unpaired) electrons. The van der Waals surface area contributed by atoms with E-state index in [0.29, 0.717) is 5.56 Å². The molecular formula is C21H19ClFNO2. The highest BCUT2D eigenvalue weighted by atomic mass is 35.5. The summed E-state index contributed by atoms with van der Waals surface area (Å²) in [6.07, 6.45) is -1.89. The second kappa shape index (κ2) is 7.06. The van der Waals surface area contributed by atoms with Gasteiger partial charge in [0.05, 0.1) is 12.6 Å². The van der Waals surface area contributed by atoms with Crippen LogP contribution in [0.5, 0.6) is 0 Å². The standard InChI is InChI=1S/C21H18FNO2.ClH/c1-2-25-21(24)19(22)20(23)16-11-9-14-7-6-12-4-3-5-13-8-10-15(16)18(14)17(12)13;/h3-11,19-20H,2,23H2,1H3;1H/t19?,20-;/m0./s1. The van der Waals surface area contributed by atoms with E-state index in [-0.39, 0.29) is 19.0 Å². The molecule has 2 atom stereocenters. The minimum Gasteiger partial charge on any atom is -0.464 e. The first-order valence-electron chi connectivity index (χ1n) is 8.34. The van der Waals surface area contributed by atoms with Crippen LogP contribution in [0.25, 0.3) is 32.3 Å². The number of ether oxygens (including phenoxy) is 1. The van der Waals surface area contributed by atoms with Gasteiger partial charge in [0.15, 0.2) is 0 Å². The van der Waals surface area contributed by atoms with Crippen molar-refractivity contribution in [2.75, 3.05) is 6.61 Å². The maximum atomic E-state index is 14.5. The summed E-state index contributed by atoms with van der Waals surface area (Å²) in [4.78, 5) is 11.8. The fraction of sp³-hybridized carbons (Fsp3) is 0.190. The zero-order valence-corrected chi connectivity index (χ0v) is 15.1. The third kappa shape index (κ3) is 2.75. The minimum atomic E-state index is -1.89. The molecule has 0 bridgehead atoms. The summed E-state index contributed by atoms with van der Waals surface area (Å²) in [5, 5.41) is 6.40. The fourth-order valence-electron chi connectivity index (χ4n) is 3.57. The number of hydrogen-bond acceptors (Lipinski definition) is 3. The number of hydrogen-bond donors (Lipinski definition) is 1. The van der Waals surface area contributed by atoms with Gasteiger partial charge in [0, 0.05) is 0 Å². The molecule has 5 heteroatoms. The van der Waals surface area contributed by atoms with E-state index >= 15 is 0 Å². The van der Waals surface area contributed by atoms with Crippen LogP contribution < -0.4 is 5.73 Å². The lowest BCUT2D eigenvalue weighted by atomic mass is 9.89. The molecule has 4 aromatic carbocycles. The third-order valence-electron chi connectivity index (χ3n) is 4.75. The van der Waals surface area contributed by atoms with E-state index in [0.717, 1.165) is 32.3 Å². The average molecular weight is 372 g/mol. The first kappa shape index (κ1) is 18.4. The smallest absolute Gasteiger partial charge is 0.342 e. The summed E-state index contributed by atoms with van der Waals surface area (Å²) in [6.45, 7) is 1.77. The van der Waals surface area contributed by atoms with Gasteiger partial charge in [-0.1, -0.05) is 54.6 Å². The van der Waals surface area contributed by atoms with E-state index < -0.39 is 18.2 Å². The predicted octanol–water partition coefficient (Wildman–Crippen LogP) is 4.91. The number of alkyl halides is 1. The van der Waals surface area contributed by atoms with Crippen LogP contribution in [-0.4, -0.2) is 18.7 Å². The Balaban J connectivity index is 0.00000196. The highest BCUT2D eigenvalue weighted by Gasteiger charge is 2.29. The van der Waals surface area contributed by atoms with Gasteiger partial charge in [-0.2, -0.15) is 0 Å². The lowest BCUT2D eigenvalue weighted by molar-refractivity contribution is -0.149. The second-order valence-corrected chi connectivity index (χ2v) is 6.19. The summed E-state index contributed by atoms with van der Waals surface area (Å²) in [5.74, 6) is -0.916. The van der Waals surface area contributed by atoms with Gasteiger partial charge < -0.3 is 10.5 Å². The van der Waals surface area contributed by atoms with Crippen molar-refractivity contribution in [1.82, 2.24) is 0 Å². The summed E-state index contributed by atoms with van der Waals surface area (Å²) >= 11 is 0. The molecule has 0 aliphatic carbocycles. The zero-order valence-electron chi connectivity index (χ0n) is 14.2. The molecule has 0 aromatic heterocycles. The Morgan fingerprint density at radius 2 is 1.58 bits per heavy atom.